The summed E-state index contributed by atoms with van der Waals surface area (Å²) in [5, 5.41) is 12.2. The summed E-state index contributed by atoms with van der Waals surface area (Å²) >= 11 is 0. The van der Waals surface area contributed by atoms with Gasteiger partial charge < -0.3 is 14.7 Å². The number of aliphatic hydroxyl groups is 1. The minimum absolute atomic E-state index is 0.355. The molecular weight excluding hydrogens is 390 g/mol. The molecule has 1 saturated carbocycles. The van der Waals surface area contributed by atoms with Gasteiger partial charge in [-0.15, -0.1) is 0 Å². The van der Waals surface area contributed by atoms with Crippen molar-refractivity contribution in [3.63, 3.8) is 0 Å². The SMILES string of the molecule is CC(C)(C)OC(=O)N1CC(C)(C(O)(c2ccc(C3CC3)cc2)c2cccc(C=O)c2)C1. The fourth-order valence-electron chi connectivity index (χ4n) is 4.59. The third kappa shape index (κ3) is 3.99. The molecule has 0 bridgehead atoms. The van der Waals surface area contributed by atoms with Crippen LogP contribution in [-0.4, -0.2) is 41.1 Å². The minimum Gasteiger partial charge on any atom is -0.444 e. The standard InChI is InChI=1S/C26H31NO4/c1-24(2,3)31-23(29)27-16-25(4,17-27)26(30,22-7-5-6-18(14-22)15-28)21-12-10-20(11-13-21)19-8-9-19/h5-7,10-15,19,30H,8-9,16-17H2,1-4H3. The highest BCUT2D eigenvalue weighted by Crippen LogP contribution is 2.51. The Morgan fingerprint density at radius 1 is 1.10 bits per heavy atom. The normalized spacial score (nSPS) is 19.8. The van der Waals surface area contributed by atoms with E-state index < -0.39 is 16.6 Å². The summed E-state index contributed by atoms with van der Waals surface area (Å²) in [6.45, 7) is 8.21. The summed E-state index contributed by atoms with van der Waals surface area (Å²) in [7, 11) is 0. The Labute approximate surface area is 184 Å². The van der Waals surface area contributed by atoms with Gasteiger partial charge >= 0.3 is 6.09 Å². The average molecular weight is 422 g/mol. The van der Waals surface area contributed by atoms with E-state index in [1.807, 2.05) is 45.9 Å². The number of likely N-dealkylation sites (tertiary alicyclic amines) is 1. The number of hydrogen-bond acceptors (Lipinski definition) is 4. The topological polar surface area (TPSA) is 66.8 Å². The molecule has 2 fully saturated rings. The number of rotatable bonds is 5. The Kier molecular flexibility index (Phi) is 5.21. The van der Waals surface area contributed by atoms with Crippen LogP contribution in [0.2, 0.25) is 0 Å². The van der Waals surface area contributed by atoms with Crippen LogP contribution in [0.3, 0.4) is 0 Å². The minimum atomic E-state index is -1.35. The number of benzene rings is 2. The van der Waals surface area contributed by atoms with E-state index in [4.69, 9.17) is 4.74 Å². The predicted molar refractivity (Wildman–Crippen MR) is 119 cm³/mol. The van der Waals surface area contributed by atoms with E-state index in [1.54, 1.807) is 23.1 Å². The highest BCUT2D eigenvalue weighted by atomic mass is 16.6. The molecule has 5 heteroatoms. The first-order chi connectivity index (χ1) is 14.6. The zero-order chi connectivity index (χ0) is 22.4. The number of carbonyl (C=O) groups excluding carboxylic acids is 2. The summed E-state index contributed by atoms with van der Waals surface area (Å²) in [5.41, 5.74) is 0.670. The Morgan fingerprint density at radius 3 is 2.29 bits per heavy atom. The van der Waals surface area contributed by atoms with Gasteiger partial charge in [-0.2, -0.15) is 0 Å². The van der Waals surface area contributed by atoms with Crippen LogP contribution in [0.5, 0.6) is 0 Å². The van der Waals surface area contributed by atoms with Crippen molar-refractivity contribution in [3.05, 3.63) is 70.8 Å². The van der Waals surface area contributed by atoms with Gasteiger partial charge in [0.15, 0.2) is 0 Å². The molecule has 164 valence electrons. The molecule has 5 nitrogen and oxygen atoms in total. The van der Waals surface area contributed by atoms with Crippen LogP contribution in [0.25, 0.3) is 0 Å². The smallest absolute Gasteiger partial charge is 0.410 e. The number of amides is 1. The van der Waals surface area contributed by atoms with Crippen LogP contribution in [0, 0.1) is 5.41 Å². The zero-order valence-corrected chi connectivity index (χ0v) is 18.7. The van der Waals surface area contributed by atoms with Crippen LogP contribution in [-0.2, 0) is 10.3 Å². The van der Waals surface area contributed by atoms with E-state index in [-0.39, 0.29) is 6.09 Å². The zero-order valence-electron chi connectivity index (χ0n) is 18.7. The fraction of sp³-hybridized carbons (Fsp3) is 0.462. The second kappa shape index (κ2) is 7.49. The predicted octanol–water partition coefficient (Wildman–Crippen LogP) is 4.87. The third-order valence-corrected chi connectivity index (χ3v) is 6.42. The lowest BCUT2D eigenvalue weighted by molar-refractivity contribution is -0.131. The molecule has 0 aromatic heterocycles. The van der Waals surface area contributed by atoms with Gasteiger partial charge in [0.2, 0.25) is 0 Å². The molecule has 2 aliphatic rings. The van der Waals surface area contributed by atoms with E-state index in [0.29, 0.717) is 30.1 Å². The Hall–Kier alpha value is -2.66. The lowest BCUT2D eigenvalue weighted by Gasteiger charge is -2.56. The molecule has 2 aromatic carbocycles. The first-order valence-electron chi connectivity index (χ1n) is 10.9. The van der Waals surface area contributed by atoms with Gasteiger partial charge in [0.05, 0.1) is 0 Å². The Bertz CT molecular complexity index is 981. The quantitative estimate of drug-likeness (QED) is 0.700. The maximum Gasteiger partial charge on any atom is 0.410 e. The van der Waals surface area contributed by atoms with Crippen molar-refractivity contribution in [2.75, 3.05) is 13.1 Å². The Balaban J connectivity index is 1.69. The molecule has 31 heavy (non-hydrogen) atoms. The molecular formula is C26H31NO4. The van der Waals surface area contributed by atoms with Gasteiger partial charge in [0.25, 0.3) is 0 Å². The molecule has 0 spiro atoms. The number of aldehydes is 1. The van der Waals surface area contributed by atoms with Crippen molar-refractivity contribution in [2.45, 2.75) is 57.7 Å². The molecule has 1 atom stereocenters. The molecule has 4 rings (SSSR count). The molecule has 2 aromatic rings. The highest BCUT2D eigenvalue weighted by Gasteiger charge is 2.58. The monoisotopic (exact) mass is 421 g/mol. The second-order valence-electron chi connectivity index (χ2n) is 10.2. The summed E-state index contributed by atoms with van der Waals surface area (Å²) in [5.74, 6) is 0.627. The van der Waals surface area contributed by atoms with Gasteiger partial charge in [0, 0.05) is 24.1 Å². The van der Waals surface area contributed by atoms with Gasteiger partial charge in [-0.3, -0.25) is 4.79 Å². The first-order valence-corrected chi connectivity index (χ1v) is 10.9. The third-order valence-electron chi connectivity index (χ3n) is 6.42. The van der Waals surface area contributed by atoms with Gasteiger partial charge in [0.1, 0.15) is 17.5 Å². The van der Waals surface area contributed by atoms with Gasteiger partial charge in [-0.1, -0.05) is 49.4 Å². The van der Waals surface area contributed by atoms with Crippen LogP contribution in [0.4, 0.5) is 4.79 Å². The number of carbonyl (C=O) groups is 2. The van der Waals surface area contributed by atoms with Crippen molar-refractivity contribution in [1.82, 2.24) is 4.90 Å². The average Bonchev–Trinajstić information content (AvgIpc) is 3.55. The lowest BCUT2D eigenvalue weighted by atomic mass is 9.61. The summed E-state index contributed by atoms with van der Waals surface area (Å²) < 4.78 is 5.50. The second-order valence-corrected chi connectivity index (χ2v) is 10.2. The van der Waals surface area contributed by atoms with Crippen LogP contribution >= 0.6 is 0 Å². The van der Waals surface area contributed by atoms with Gasteiger partial charge in [-0.25, -0.2) is 4.79 Å². The lowest BCUT2D eigenvalue weighted by Crippen LogP contribution is -2.66. The fourth-order valence-corrected chi connectivity index (χ4v) is 4.59. The molecule has 1 unspecified atom stereocenters. The summed E-state index contributed by atoms with van der Waals surface area (Å²) in [6, 6.07) is 15.3. The molecule has 1 saturated heterocycles. The molecule has 1 N–H and O–H groups in total. The van der Waals surface area contributed by atoms with E-state index in [0.717, 1.165) is 11.8 Å². The van der Waals surface area contributed by atoms with Gasteiger partial charge in [-0.05, 0) is 62.3 Å². The van der Waals surface area contributed by atoms with E-state index in [9.17, 15) is 14.7 Å². The number of nitrogens with zero attached hydrogens (tertiary/aromatic N) is 1. The van der Waals surface area contributed by atoms with Crippen molar-refractivity contribution in [1.29, 1.82) is 0 Å². The van der Waals surface area contributed by atoms with Crippen LogP contribution in [0.1, 0.15) is 73.5 Å². The van der Waals surface area contributed by atoms with Crippen LogP contribution in [0.15, 0.2) is 48.5 Å². The Morgan fingerprint density at radius 2 is 1.74 bits per heavy atom. The highest BCUT2D eigenvalue weighted by molar-refractivity contribution is 5.75. The molecule has 1 aliphatic carbocycles. The van der Waals surface area contributed by atoms with Crippen molar-refractivity contribution in [2.24, 2.45) is 5.41 Å². The summed E-state index contributed by atoms with van der Waals surface area (Å²) in [6.07, 6.45) is 2.84. The van der Waals surface area contributed by atoms with E-state index in [2.05, 4.69) is 12.1 Å². The van der Waals surface area contributed by atoms with Crippen molar-refractivity contribution < 1.29 is 19.4 Å². The van der Waals surface area contributed by atoms with E-state index >= 15 is 0 Å². The van der Waals surface area contributed by atoms with Crippen molar-refractivity contribution >= 4 is 12.4 Å². The molecule has 1 amide bonds. The largest absolute Gasteiger partial charge is 0.444 e. The van der Waals surface area contributed by atoms with Crippen LogP contribution < -0.4 is 0 Å². The maximum atomic E-state index is 12.5. The summed E-state index contributed by atoms with van der Waals surface area (Å²) in [4.78, 5) is 25.6. The number of ether oxygens (including phenoxy) is 1. The number of hydrogen-bond donors (Lipinski definition) is 1. The molecule has 1 aliphatic heterocycles. The molecule has 1 heterocycles. The van der Waals surface area contributed by atoms with E-state index in [1.165, 1.54) is 18.4 Å². The van der Waals surface area contributed by atoms with Crippen molar-refractivity contribution in [3.8, 4) is 0 Å². The maximum absolute atomic E-state index is 12.5. The first kappa shape index (κ1) is 21.6. The molecule has 0 radical (unpaired) electrons.